The van der Waals surface area contributed by atoms with Crippen molar-refractivity contribution in [3.05, 3.63) is 36.0 Å². The van der Waals surface area contributed by atoms with Crippen molar-refractivity contribution < 1.29 is 0 Å². The summed E-state index contributed by atoms with van der Waals surface area (Å²) in [5.74, 6) is 0.894. The molecule has 1 aliphatic rings. The highest BCUT2D eigenvalue weighted by atomic mass is 15.2. The zero-order chi connectivity index (χ0) is 18.9. The van der Waals surface area contributed by atoms with E-state index in [2.05, 4.69) is 67.9 Å². The van der Waals surface area contributed by atoms with Gasteiger partial charge in [0.2, 0.25) is 0 Å². The van der Waals surface area contributed by atoms with Crippen LogP contribution in [0.4, 0.5) is 0 Å². The fraction of sp³-hybridized carbons (Fsp3) is 0.571. The first-order chi connectivity index (χ1) is 13.3. The van der Waals surface area contributed by atoms with Gasteiger partial charge in [-0.15, -0.1) is 0 Å². The van der Waals surface area contributed by atoms with Crippen LogP contribution < -0.4 is 10.6 Å². The molecule has 0 unspecified atom stereocenters. The van der Waals surface area contributed by atoms with Crippen LogP contribution in [0.25, 0.3) is 10.9 Å². The van der Waals surface area contributed by atoms with Crippen LogP contribution in [0.3, 0.4) is 0 Å². The number of fused-ring (bicyclic) bond motifs is 1. The second kappa shape index (κ2) is 10.3. The second-order valence-corrected chi connectivity index (χ2v) is 7.39. The van der Waals surface area contributed by atoms with Crippen LogP contribution >= 0.6 is 0 Å². The Balaban J connectivity index is 1.33. The van der Waals surface area contributed by atoms with E-state index in [0.29, 0.717) is 0 Å². The van der Waals surface area contributed by atoms with E-state index in [1.54, 1.807) is 0 Å². The third kappa shape index (κ3) is 5.97. The van der Waals surface area contributed by atoms with Crippen molar-refractivity contribution in [1.82, 2.24) is 25.4 Å². The minimum Gasteiger partial charge on any atom is -0.361 e. The predicted molar refractivity (Wildman–Crippen MR) is 115 cm³/mol. The quantitative estimate of drug-likeness (QED) is 0.396. The number of H-pyrrole nitrogens is 1. The van der Waals surface area contributed by atoms with Crippen molar-refractivity contribution in [2.24, 2.45) is 4.99 Å². The Labute approximate surface area is 163 Å². The fourth-order valence-electron chi connectivity index (χ4n) is 3.71. The maximum atomic E-state index is 4.34. The molecule has 0 spiro atoms. The highest BCUT2D eigenvalue weighted by Gasteiger charge is 2.11. The summed E-state index contributed by atoms with van der Waals surface area (Å²) in [6.45, 7) is 7.81. The van der Waals surface area contributed by atoms with Crippen molar-refractivity contribution in [2.75, 3.05) is 59.9 Å². The van der Waals surface area contributed by atoms with Gasteiger partial charge in [0, 0.05) is 50.3 Å². The van der Waals surface area contributed by atoms with Crippen LogP contribution in [0.5, 0.6) is 0 Å². The SMILES string of the molecule is CN=C(NCCCN1CCCN(C)CC1)NCCc1c[nH]c2ccccc12. The first-order valence-corrected chi connectivity index (χ1v) is 10.2. The van der Waals surface area contributed by atoms with E-state index < -0.39 is 0 Å². The number of aromatic nitrogens is 1. The Hall–Kier alpha value is -2.05. The Morgan fingerprint density at radius 1 is 1.11 bits per heavy atom. The van der Waals surface area contributed by atoms with Crippen molar-refractivity contribution in [2.45, 2.75) is 19.3 Å². The zero-order valence-corrected chi connectivity index (χ0v) is 16.8. The molecule has 3 N–H and O–H groups in total. The summed E-state index contributed by atoms with van der Waals surface area (Å²) in [6, 6.07) is 8.45. The first-order valence-electron chi connectivity index (χ1n) is 10.2. The third-order valence-electron chi connectivity index (χ3n) is 5.34. The summed E-state index contributed by atoms with van der Waals surface area (Å²) in [5, 5.41) is 8.19. The lowest BCUT2D eigenvalue weighted by Crippen LogP contribution is -2.39. The van der Waals surface area contributed by atoms with Gasteiger partial charge in [0.1, 0.15) is 0 Å². The number of likely N-dealkylation sites (N-methyl/N-ethyl adjacent to an activating group) is 1. The van der Waals surface area contributed by atoms with Crippen LogP contribution in [0, 0.1) is 0 Å². The molecule has 1 aromatic heterocycles. The second-order valence-electron chi connectivity index (χ2n) is 7.39. The molecule has 6 heteroatoms. The van der Waals surface area contributed by atoms with Crippen LogP contribution in [0.1, 0.15) is 18.4 Å². The summed E-state index contributed by atoms with van der Waals surface area (Å²) in [5.41, 5.74) is 2.55. The minimum atomic E-state index is 0.875. The van der Waals surface area contributed by atoms with Crippen molar-refractivity contribution in [3.8, 4) is 0 Å². The Morgan fingerprint density at radius 3 is 2.85 bits per heavy atom. The Bertz CT molecular complexity index is 722. The normalized spacial score (nSPS) is 17.2. The van der Waals surface area contributed by atoms with Gasteiger partial charge in [0.15, 0.2) is 5.96 Å². The van der Waals surface area contributed by atoms with Gasteiger partial charge in [-0.3, -0.25) is 4.99 Å². The van der Waals surface area contributed by atoms with Gasteiger partial charge < -0.3 is 25.4 Å². The molecular formula is C21H34N6. The summed E-state index contributed by atoms with van der Waals surface area (Å²) in [7, 11) is 4.06. The summed E-state index contributed by atoms with van der Waals surface area (Å²) >= 11 is 0. The van der Waals surface area contributed by atoms with Gasteiger partial charge in [-0.05, 0) is 57.6 Å². The van der Waals surface area contributed by atoms with Crippen LogP contribution in [0.2, 0.25) is 0 Å². The molecule has 1 aliphatic heterocycles. The zero-order valence-electron chi connectivity index (χ0n) is 16.8. The van der Waals surface area contributed by atoms with Gasteiger partial charge in [-0.2, -0.15) is 0 Å². The topological polar surface area (TPSA) is 58.7 Å². The molecule has 0 amide bonds. The third-order valence-corrected chi connectivity index (χ3v) is 5.34. The summed E-state index contributed by atoms with van der Waals surface area (Å²) < 4.78 is 0. The van der Waals surface area contributed by atoms with Gasteiger partial charge >= 0.3 is 0 Å². The largest absolute Gasteiger partial charge is 0.361 e. The van der Waals surface area contributed by atoms with Gasteiger partial charge in [0.25, 0.3) is 0 Å². The molecule has 2 heterocycles. The average Bonchev–Trinajstić information content (AvgIpc) is 2.98. The van der Waals surface area contributed by atoms with E-state index >= 15 is 0 Å². The molecule has 27 heavy (non-hydrogen) atoms. The van der Waals surface area contributed by atoms with E-state index in [9.17, 15) is 0 Å². The molecule has 0 aliphatic carbocycles. The molecule has 0 bridgehead atoms. The number of benzene rings is 1. The molecular weight excluding hydrogens is 336 g/mol. The molecule has 3 rings (SSSR count). The number of nitrogens with zero attached hydrogens (tertiary/aromatic N) is 3. The molecule has 148 valence electrons. The van der Waals surface area contributed by atoms with Crippen LogP contribution in [-0.4, -0.2) is 80.7 Å². The Morgan fingerprint density at radius 2 is 1.96 bits per heavy atom. The summed E-state index contributed by atoms with van der Waals surface area (Å²) in [6.07, 6.45) is 5.51. The maximum Gasteiger partial charge on any atom is 0.190 e. The van der Waals surface area contributed by atoms with E-state index in [1.807, 2.05) is 7.05 Å². The molecule has 0 radical (unpaired) electrons. The van der Waals surface area contributed by atoms with E-state index in [4.69, 9.17) is 0 Å². The first kappa shape index (κ1) is 19.7. The van der Waals surface area contributed by atoms with E-state index in [-0.39, 0.29) is 0 Å². The van der Waals surface area contributed by atoms with E-state index in [1.165, 1.54) is 49.1 Å². The van der Waals surface area contributed by atoms with Crippen LogP contribution in [-0.2, 0) is 6.42 Å². The number of para-hydroxylation sites is 1. The predicted octanol–water partition coefficient (Wildman–Crippen LogP) is 1.90. The van der Waals surface area contributed by atoms with E-state index in [0.717, 1.165) is 38.4 Å². The molecule has 1 fully saturated rings. The number of guanidine groups is 1. The van der Waals surface area contributed by atoms with Crippen molar-refractivity contribution >= 4 is 16.9 Å². The monoisotopic (exact) mass is 370 g/mol. The number of hydrogen-bond donors (Lipinski definition) is 3. The minimum absolute atomic E-state index is 0.875. The standard InChI is InChI=1S/C21H34N6/c1-22-21(23-10-5-13-27-14-6-12-26(2)15-16-27)24-11-9-18-17-25-20-8-4-3-7-19(18)20/h3-4,7-8,17,25H,5-6,9-16H2,1-2H3,(H2,22,23,24). The fourth-order valence-corrected chi connectivity index (χ4v) is 3.71. The number of hydrogen-bond acceptors (Lipinski definition) is 3. The number of aliphatic imine (C=N–C) groups is 1. The van der Waals surface area contributed by atoms with Crippen LogP contribution in [0.15, 0.2) is 35.5 Å². The molecule has 0 saturated carbocycles. The molecule has 6 nitrogen and oxygen atoms in total. The molecule has 1 saturated heterocycles. The van der Waals surface area contributed by atoms with Crippen molar-refractivity contribution in [1.29, 1.82) is 0 Å². The molecule has 2 aromatic rings. The lowest BCUT2D eigenvalue weighted by Gasteiger charge is -2.20. The Kier molecular flexibility index (Phi) is 7.54. The lowest BCUT2D eigenvalue weighted by molar-refractivity contribution is 0.274. The number of rotatable bonds is 7. The smallest absolute Gasteiger partial charge is 0.190 e. The number of nitrogens with one attached hydrogen (secondary N) is 3. The summed E-state index contributed by atoms with van der Waals surface area (Å²) in [4.78, 5) is 12.7. The van der Waals surface area contributed by atoms with Gasteiger partial charge in [-0.1, -0.05) is 18.2 Å². The highest BCUT2D eigenvalue weighted by molar-refractivity contribution is 5.83. The molecule has 0 atom stereocenters. The van der Waals surface area contributed by atoms with Gasteiger partial charge in [0.05, 0.1) is 0 Å². The van der Waals surface area contributed by atoms with Crippen molar-refractivity contribution in [3.63, 3.8) is 0 Å². The average molecular weight is 371 g/mol. The maximum absolute atomic E-state index is 4.34. The van der Waals surface area contributed by atoms with Gasteiger partial charge in [-0.25, -0.2) is 0 Å². The number of aromatic amines is 1. The lowest BCUT2D eigenvalue weighted by atomic mass is 10.1. The highest BCUT2D eigenvalue weighted by Crippen LogP contribution is 2.17. The molecule has 1 aromatic carbocycles.